The third-order valence-electron chi connectivity index (χ3n) is 4.02. The molecule has 0 heterocycles. The number of isocyanates is 2. The first-order valence-electron chi connectivity index (χ1n) is 6.16. The highest BCUT2D eigenvalue weighted by Gasteiger charge is 2.34. The van der Waals surface area contributed by atoms with Gasteiger partial charge in [-0.1, -0.05) is 52.9 Å². The van der Waals surface area contributed by atoms with E-state index < -0.39 is 0 Å². The first-order valence-corrected chi connectivity index (χ1v) is 6.16. The quantitative estimate of drug-likeness (QED) is 0.568. The molecule has 17 heavy (non-hydrogen) atoms. The van der Waals surface area contributed by atoms with E-state index in [1.807, 2.05) is 0 Å². The minimum Gasteiger partial charge on any atom is -0.222 e. The lowest BCUT2D eigenvalue weighted by molar-refractivity contribution is 0.0961. The molecule has 0 amide bonds. The molecular formula is C13H24N2O2. The van der Waals surface area contributed by atoms with Crippen molar-refractivity contribution in [3.63, 3.8) is 0 Å². The molecule has 98 valence electrons. The van der Waals surface area contributed by atoms with Gasteiger partial charge in [0, 0.05) is 0 Å². The van der Waals surface area contributed by atoms with Gasteiger partial charge >= 0.3 is 0 Å². The molecule has 0 aromatic rings. The van der Waals surface area contributed by atoms with Gasteiger partial charge in [-0.3, -0.25) is 0 Å². The second-order valence-corrected chi connectivity index (χ2v) is 4.42. The van der Waals surface area contributed by atoms with Crippen LogP contribution in [0, 0.1) is 22.2 Å². The fourth-order valence-corrected chi connectivity index (χ4v) is 2.78. The van der Waals surface area contributed by atoms with Crippen molar-refractivity contribution in [2.45, 2.75) is 59.3 Å². The van der Waals surface area contributed by atoms with Gasteiger partial charge in [-0.15, -0.1) is 0 Å². The zero-order valence-electron chi connectivity index (χ0n) is 11.1. The Hall–Kier alpha value is -1.24. The Morgan fingerprint density at radius 2 is 1.53 bits per heavy atom. The first-order chi connectivity index (χ1) is 8.08. The molecule has 2 N–H and O–H groups in total. The van der Waals surface area contributed by atoms with Crippen LogP contribution < -0.4 is 0 Å². The number of hydrogen-bond donors (Lipinski definition) is 2. The SMILES string of the molecule is CCC1(CC)CCCCC1C.N=C=O.N=C=O. The maximum Gasteiger partial charge on any atom is 0.231 e. The van der Waals surface area contributed by atoms with Crippen LogP contribution in [0.5, 0.6) is 0 Å². The van der Waals surface area contributed by atoms with Gasteiger partial charge in [0.25, 0.3) is 0 Å². The zero-order valence-corrected chi connectivity index (χ0v) is 11.1. The molecule has 1 atom stereocenters. The molecule has 0 bridgehead atoms. The predicted molar refractivity (Wildman–Crippen MR) is 67.5 cm³/mol. The van der Waals surface area contributed by atoms with Gasteiger partial charge in [-0.25, -0.2) is 20.4 Å². The Morgan fingerprint density at radius 3 is 1.76 bits per heavy atom. The normalized spacial score (nSPS) is 20.5. The van der Waals surface area contributed by atoms with Crippen molar-refractivity contribution >= 4 is 12.2 Å². The largest absolute Gasteiger partial charge is 0.231 e. The summed E-state index contributed by atoms with van der Waals surface area (Å²) < 4.78 is 0. The van der Waals surface area contributed by atoms with Gasteiger partial charge in [-0.05, 0) is 17.8 Å². The molecule has 0 spiro atoms. The minimum atomic E-state index is 0.720. The molecule has 1 aliphatic carbocycles. The van der Waals surface area contributed by atoms with Gasteiger partial charge in [0.15, 0.2) is 0 Å². The number of carbonyl (C=O) groups excluding carboxylic acids is 2. The maximum absolute atomic E-state index is 8.35. The summed E-state index contributed by atoms with van der Waals surface area (Å²) in [5.41, 5.74) is 0.720. The van der Waals surface area contributed by atoms with Gasteiger partial charge in [0.1, 0.15) is 0 Å². The molecule has 1 unspecified atom stereocenters. The highest BCUT2D eigenvalue weighted by atomic mass is 16.1. The average Bonchev–Trinajstić information content (AvgIpc) is 2.32. The van der Waals surface area contributed by atoms with Crippen molar-refractivity contribution in [2.24, 2.45) is 11.3 Å². The summed E-state index contributed by atoms with van der Waals surface area (Å²) in [6, 6.07) is 0. The third kappa shape index (κ3) is 6.83. The Labute approximate surface area is 104 Å². The van der Waals surface area contributed by atoms with Crippen LogP contribution in [0.25, 0.3) is 0 Å². The monoisotopic (exact) mass is 240 g/mol. The smallest absolute Gasteiger partial charge is 0.222 e. The van der Waals surface area contributed by atoms with Crippen LogP contribution in [0.15, 0.2) is 0 Å². The second-order valence-electron chi connectivity index (χ2n) is 4.42. The van der Waals surface area contributed by atoms with E-state index in [4.69, 9.17) is 20.4 Å². The van der Waals surface area contributed by atoms with E-state index >= 15 is 0 Å². The number of rotatable bonds is 2. The van der Waals surface area contributed by atoms with Gasteiger partial charge in [0.2, 0.25) is 12.2 Å². The summed E-state index contributed by atoms with van der Waals surface area (Å²) in [5.74, 6) is 0.978. The molecule has 1 saturated carbocycles. The Bertz CT molecular complexity index is 236. The Morgan fingerprint density at radius 1 is 1.12 bits per heavy atom. The standard InChI is InChI=1S/C11H22.2CHNO/c1-4-11(5-2)9-7-6-8-10(11)3;2*2-1-3/h10H,4-9H2,1-3H3;2*2H. The lowest BCUT2D eigenvalue weighted by atomic mass is 9.64. The van der Waals surface area contributed by atoms with Crippen molar-refractivity contribution < 1.29 is 9.59 Å². The predicted octanol–water partition coefficient (Wildman–Crippen LogP) is 3.80. The highest BCUT2D eigenvalue weighted by Crippen LogP contribution is 2.45. The van der Waals surface area contributed by atoms with Crippen LogP contribution in [-0.4, -0.2) is 12.2 Å². The van der Waals surface area contributed by atoms with Crippen LogP contribution >= 0.6 is 0 Å². The first kappa shape index (κ1) is 18.1. The summed E-state index contributed by atoms with van der Waals surface area (Å²) in [6.07, 6.45) is 10.2. The van der Waals surface area contributed by atoms with E-state index in [1.165, 1.54) is 38.5 Å². The Balaban J connectivity index is 0. The van der Waals surface area contributed by atoms with Crippen LogP contribution in [0.3, 0.4) is 0 Å². The van der Waals surface area contributed by atoms with E-state index in [0.29, 0.717) is 0 Å². The summed E-state index contributed by atoms with van der Waals surface area (Å²) in [7, 11) is 0. The molecule has 4 heteroatoms. The molecule has 1 fully saturated rings. The van der Waals surface area contributed by atoms with Crippen molar-refractivity contribution in [3.05, 3.63) is 0 Å². The lowest BCUT2D eigenvalue weighted by Gasteiger charge is -2.41. The van der Waals surface area contributed by atoms with E-state index in [1.54, 1.807) is 0 Å². The molecule has 1 aliphatic rings. The lowest BCUT2D eigenvalue weighted by Crippen LogP contribution is -2.30. The second kappa shape index (κ2) is 11.3. The zero-order chi connectivity index (χ0) is 13.7. The fourth-order valence-electron chi connectivity index (χ4n) is 2.78. The van der Waals surface area contributed by atoms with E-state index in [9.17, 15) is 0 Å². The van der Waals surface area contributed by atoms with Crippen LogP contribution in [0.1, 0.15) is 59.3 Å². The van der Waals surface area contributed by atoms with Gasteiger partial charge < -0.3 is 0 Å². The topological polar surface area (TPSA) is 81.8 Å². The number of hydrogen-bond acceptors (Lipinski definition) is 4. The molecule has 1 rings (SSSR count). The third-order valence-corrected chi connectivity index (χ3v) is 4.02. The van der Waals surface area contributed by atoms with Crippen molar-refractivity contribution in [2.75, 3.05) is 0 Å². The molecule has 0 aromatic carbocycles. The van der Waals surface area contributed by atoms with Crippen LogP contribution in [0.4, 0.5) is 0 Å². The van der Waals surface area contributed by atoms with Gasteiger partial charge in [0.05, 0.1) is 0 Å². The average molecular weight is 240 g/mol. The molecular weight excluding hydrogens is 216 g/mol. The van der Waals surface area contributed by atoms with Crippen molar-refractivity contribution in [1.29, 1.82) is 10.8 Å². The maximum atomic E-state index is 8.35. The molecule has 0 saturated heterocycles. The minimum absolute atomic E-state index is 0.720. The molecule has 0 aliphatic heterocycles. The van der Waals surface area contributed by atoms with E-state index in [0.717, 1.165) is 23.5 Å². The summed E-state index contributed by atoms with van der Waals surface area (Å²) in [6.45, 7) is 7.18. The van der Waals surface area contributed by atoms with Crippen LogP contribution in [-0.2, 0) is 9.59 Å². The van der Waals surface area contributed by atoms with Gasteiger partial charge in [-0.2, -0.15) is 0 Å². The van der Waals surface area contributed by atoms with Crippen molar-refractivity contribution in [3.8, 4) is 0 Å². The number of nitrogens with one attached hydrogen (secondary N) is 2. The Kier molecular flexibility index (Phi) is 12.0. The molecule has 0 radical (unpaired) electrons. The molecule has 4 nitrogen and oxygen atoms in total. The highest BCUT2D eigenvalue weighted by molar-refractivity contribution is 5.26. The summed E-state index contributed by atoms with van der Waals surface area (Å²) in [4.78, 5) is 16.7. The van der Waals surface area contributed by atoms with Crippen LogP contribution in [0.2, 0.25) is 0 Å². The van der Waals surface area contributed by atoms with E-state index in [-0.39, 0.29) is 0 Å². The fraction of sp³-hybridized carbons (Fsp3) is 0.846. The van der Waals surface area contributed by atoms with Crippen molar-refractivity contribution in [1.82, 2.24) is 0 Å². The summed E-state index contributed by atoms with van der Waals surface area (Å²) >= 11 is 0. The van der Waals surface area contributed by atoms with E-state index in [2.05, 4.69) is 20.8 Å². The summed E-state index contributed by atoms with van der Waals surface area (Å²) in [5, 5.41) is 10.8. The molecule has 0 aromatic heterocycles.